The Kier molecular flexibility index (Phi) is 3.51. The van der Waals surface area contributed by atoms with Gasteiger partial charge in [0.25, 0.3) is 0 Å². The maximum Gasteiger partial charge on any atom is 0.131 e. The van der Waals surface area contributed by atoms with Crippen molar-refractivity contribution in [3.8, 4) is 0 Å². The highest BCUT2D eigenvalue weighted by Crippen LogP contribution is 2.36. The van der Waals surface area contributed by atoms with Crippen LogP contribution in [0.2, 0.25) is 0 Å². The number of nitrogens with two attached hydrogens (primary N) is 1. The molecular formula is C15H22N4. The lowest BCUT2D eigenvalue weighted by Gasteiger charge is -2.32. The van der Waals surface area contributed by atoms with E-state index in [1.807, 2.05) is 48.3 Å². The molecule has 4 heteroatoms. The van der Waals surface area contributed by atoms with Crippen molar-refractivity contribution in [2.24, 2.45) is 12.5 Å². The molecule has 3 N–H and O–H groups in total. The van der Waals surface area contributed by atoms with E-state index in [0.717, 1.165) is 17.2 Å². The summed E-state index contributed by atoms with van der Waals surface area (Å²) in [6.07, 6.45) is 3.79. The van der Waals surface area contributed by atoms with Crippen LogP contribution < -0.4 is 11.1 Å². The lowest BCUT2D eigenvalue weighted by atomic mass is 9.86. The normalized spacial score (nSPS) is 13.3. The highest BCUT2D eigenvalue weighted by Gasteiger charge is 2.29. The molecule has 0 radical (unpaired) electrons. The summed E-state index contributed by atoms with van der Waals surface area (Å²) in [5.74, 6) is 1.01. The van der Waals surface area contributed by atoms with Gasteiger partial charge in [0.05, 0.1) is 17.4 Å². The third-order valence-electron chi connectivity index (χ3n) is 3.24. The van der Waals surface area contributed by atoms with Gasteiger partial charge in [0.1, 0.15) is 5.82 Å². The molecule has 0 amide bonds. The molecule has 2 rings (SSSR count). The third-order valence-corrected chi connectivity index (χ3v) is 3.24. The molecule has 102 valence electrons. The van der Waals surface area contributed by atoms with Crippen molar-refractivity contribution >= 4 is 11.4 Å². The third kappa shape index (κ3) is 2.89. The number of hydrogen-bond acceptors (Lipinski definition) is 3. The number of aryl methyl sites for hydroxylation is 1. The minimum atomic E-state index is 0.0292. The zero-order chi connectivity index (χ0) is 14.0. The molecule has 0 aliphatic heterocycles. The van der Waals surface area contributed by atoms with E-state index >= 15 is 0 Å². The fourth-order valence-corrected chi connectivity index (χ4v) is 2.11. The van der Waals surface area contributed by atoms with E-state index in [1.165, 1.54) is 0 Å². The predicted molar refractivity (Wildman–Crippen MR) is 79.9 cm³/mol. The molecule has 1 unspecified atom stereocenters. The van der Waals surface area contributed by atoms with Crippen molar-refractivity contribution in [1.29, 1.82) is 0 Å². The highest BCUT2D eigenvalue weighted by molar-refractivity contribution is 5.66. The number of aromatic nitrogens is 2. The molecule has 1 aromatic heterocycles. The Bertz CT molecular complexity index is 551. The van der Waals surface area contributed by atoms with Gasteiger partial charge in [-0.25, -0.2) is 4.98 Å². The van der Waals surface area contributed by atoms with Crippen LogP contribution in [0.4, 0.5) is 11.4 Å². The maximum atomic E-state index is 6.01. The monoisotopic (exact) mass is 258 g/mol. The first-order valence-corrected chi connectivity index (χ1v) is 6.48. The summed E-state index contributed by atoms with van der Waals surface area (Å²) >= 11 is 0. The number of hydrogen-bond donors (Lipinski definition) is 2. The molecule has 0 saturated carbocycles. The van der Waals surface area contributed by atoms with Crippen molar-refractivity contribution in [2.75, 3.05) is 11.1 Å². The molecular weight excluding hydrogens is 236 g/mol. The predicted octanol–water partition coefficient (Wildman–Crippen LogP) is 3.20. The van der Waals surface area contributed by atoms with Gasteiger partial charge in [0.15, 0.2) is 0 Å². The molecule has 0 bridgehead atoms. The van der Waals surface area contributed by atoms with Gasteiger partial charge in [0.2, 0.25) is 0 Å². The van der Waals surface area contributed by atoms with Crippen molar-refractivity contribution in [3.63, 3.8) is 0 Å². The van der Waals surface area contributed by atoms with Gasteiger partial charge in [-0.2, -0.15) is 0 Å². The Morgan fingerprint density at radius 3 is 2.47 bits per heavy atom. The summed E-state index contributed by atoms with van der Waals surface area (Å²) < 4.78 is 2.04. The summed E-state index contributed by atoms with van der Waals surface area (Å²) in [5, 5.41) is 3.52. The van der Waals surface area contributed by atoms with Crippen LogP contribution in [-0.2, 0) is 7.05 Å². The first kappa shape index (κ1) is 13.5. The Morgan fingerprint density at radius 1 is 1.26 bits per heavy atom. The number of nitrogens with one attached hydrogen (secondary N) is 1. The second-order valence-electron chi connectivity index (χ2n) is 5.93. The van der Waals surface area contributed by atoms with Crippen molar-refractivity contribution in [1.82, 2.24) is 9.55 Å². The van der Waals surface area contributed by atoms with E-state index in [0.29, 0.717) is 0 Å². The molecule has 1 aromatic carbocycles. The fourth-order valence-electron chi connectivity index (χ4n) is 2.11. The summed E-state index contributed by atoms with van der Waals surface area (Å²) in [7, 11) is 2.01. The summed E-state index contributed by atoms with van der Waals surface area (Å²) in [6, 6.07) is 7.92. The molecule has 0 fully saturated rings. The van der Waals surface area contributed by atoms with Crippen molar-refractivity contribution in [2.45, 2.75) is 26.8 Å². The van der Waals surface area contributed by atoms with E-state index in [4.69, 9.17) is 5.73 Å². The smallest absolute Gasteiger partial charge is 0.131 e. The van der Waals surface area contributed by atoms with Gasteiger partial charge in [-0.05, 0) is 17.5 Å². The number of nitrogens with zero attached hydrogens (tertiary/aromatic N) is 2. The average Bonchev–Trinajstić information content (AvgIpc) is 2.72. The molecule has 0 aliphatic carbocycles. The van der Waals surface area contributed by atoms with Crippen LogP contribution in [0.3, 0.4) is 0 Å². The van der Waals surface area contributed by atoms with Crippen LogP contribution in [0.25, 0.3) is 0 Å². The fraction of sp³-hybridized carbons (Fsp3) is 0.400. The number of rotatable bonds is 3. The zero-order valence-electron chi connectivity index (χ0n) is 12.0. The van der Waals surface area contributed by atoms with Gasteiger partial charge in [0, 0.05) is 19.4 Å². The van der Waals surface area contributed by atoms with E-state index in [-0.39, 0.29) is 11.5 Å². The molecule has 0 saturated heterocycles. The molecule has 2 aromatic rings. The lowest BCUT2D eigenvalue weighted by Crippen LogP contribution is -2.28. The highest BCUT2D eigenvalue weighted by atomic mass is 15.1. The van der Waals surface area contributed by atoms with Gasteiger partial charge in [-0.1, -0.05) is 32.9 Å². The zero-order valence-corrected chi connectivity index (χ0v) is 12.0. The van der Waals surface area contributed by atoms with Gasteiger partial charge in [-0.3, -0.25) is 0 Å². The van der Waals surface area contributed by atoms with E-state index in [1.54, 1.807) is 0 Å². The number of anilines is 2. The first-order chi connectivity index (χ1) is 8.89. The van der Waals surface area contributed by atoms with Crippen LogP contribution in [0.5, 0.6) is 0 Å². The molecule has 0 spiro atoms. The standard InChI is InChI=1S/C15H22N4/c1-15(2,3)13(14-17-9-10-19(14)4)18-12-8-6-5-7-11(12)16/h5-10,13,18H,16H2,1-4H3. The lowest BCUT2D eigenvalue weighted by molar-refractivity contribution is 0.331. The van der Waals surface area contributed by atoms with Gasteiger partial charge >= 0.3 is 0 Å². The van der Waals surface area contributed by atoms with E-state index < -0.39 is 0 Å². The maximum absolute atomic E-state index is 6.01. The van der Waals surface area contributed by atoms with Crippen LogP contribution in [0, 0.1) is 5.41 Å². The van der Waals surface area contributed by atoms with Gasteiger partial charge in [-0.15, -0.1) is 0 Å². The largest absolute Gasteiger partial charge is 0.397 e. The Labute approximate surface area is 114 Å². The van der Waals surface area contributed by atoms with E-state index in [2.05, 4.69) is 31.1 Å². The Hall–Kier alpha value is -1.97. The number of para-hydroxylation sites is 2. The topological polar surface area (TPSA) is 55.9 Å². The minimum Gasteiger partial charge on any atom is -0.397 e. The van der Waals surface area contributed by atoms with Crippen LogP contribution in [-0.4, -0.2) is 9.55 Å². The Balaban J connectivity index is 2.36. The molecule has 4 nitrogen and oxygen atoms in total. The first-order valence-electron chi connectivity index (χ1n) is 6.48. The second-order valence-corrected chi connectivity index (χ2v) is 5.93. The summed E-state index contributed by atoms with van der Waals surface area (Å²) in [4.78, 5) is 4.47. The molecule has 1 heterocycles. The van der Waals surface area contributed by atoms with Crippen LogP contribution >= 0.6 is 0 Å². The average molecular weight is 258 g/mol. The van der Waals surface area contributed by atoms with Crippen molar-refractivity contribution in [3.05, 3.63) is 42.5 Å². The quantitative estimate of drug-likeness (QED) is 0.831. The molecule has 1 atom stereocenters. The number of imidazole rings is 1. The minimum absolute atomic E-state index is 0.0292. The van der Waals surface area contributed by atoms with Crippen molar-refractivity contribution < 1.29 is 0 Å². The number of nitrogen functional groups attached to an aromatic ring is 1. The van der Waals surface area contributed by atoms with Crippen LogP contribution in [0.1, 0.15) is 32.6 Å². The summed E-state index contributed by atoms with van der Waals surface area (Å²) in [6.45, 7) is 6.58. The van der Waals surface area contributed by atoms with Crippen LogP contribution in [0.15, 0.2) is 36.7 Å². The molecule has 0 aliphatic rings. The second kappa shape index (κ2) is 4.96. The Morgan fingerprint density at radius 2 is 1.95 bits per heavy atom. The SMILES string of the molecule is Cn1ccnc1C(Nc1ccccc1N)C(C)(C)C. The summed E-state index contributed by atoms with van der Waals surface area (Å²) in [5.41, 5.74) is 7.75. The number of benzene rings is 1. The van der Waals surface area contributed by atoms with E-state index in [9.17, 15) is 0 Å². The molecule has 19 heavy (non-hydrogen) atoms. The van der Waals surface area contributed by atoms with Gasteiger partial charge < -0.3 is 15.6 Å².